The number of hydrogen-bond acceptors (Lipinski definition) is 6. The van der Waals surface area contributed by atoms with Crippen molar-refractivity contribution in [1.29, 1.82) is 0 Å². The lowest BCUT2D eigenvalue weighted by Crippen LogP contribution is -2.43. The highest BCUT2D eigenvalue weighted by molar-refractivity contribution is 6.69. The summed E-state index contributed by atoms with van der Waals surface area (Å²) in [4.78, 5) is 9.21. The van der Waals surface area contributed by atoms with Crippen molar-refractivity contribution in [3.8, 4) is 0 Å². The normalized spacial score (nSPS) is 28.5. The maximum atomic E-state index is 6.43. The minimum atomic E-state index is -1.76. The first-order chi connectivity index (χ1) is 11.4. The van der Waals surface area contributed by atoms with Crippen LogP contribution in [-0.2, 0) is 24.1 Å². The van der Waals surface area contributed by atoms with Gasteiger partial charge in [0.15, 0.2) is 14.1 Å². The summed E-state index contributed by atoms with van der Waals surface area (Å²) in [5, 5.41) is 0. The van der Waals surface area contributed by atoms with E-state index in [9.17, 15) is 0 Å². The quantitative estimate of drug-likeness (QED) is 0.764. The SMILES string of the molecule is CC1(C)OB(c2cnc(C3(O[Si](C)(C)C)CCOC3)nc2)OC1(C)C. The molecule has 138 valence electrons. The molecule has 1 unspecified atom stereocenters. The van der Waals surface area contributed by atoms with Crippen LogP contribution < -0.4 is 5.46 Å². The summed E-state index contributed by atoms with van der Waals surface area (Å²) in [6.45, 7) is 15.8. The molecule has 8 heteroatoms. The highest BCUT2D eigenvalue weighted by Crippen LogP contribution is 2.37. The molecule has 0 amide bonds. The van der Waals surface area contributed by atoms with Crippen LogP contribution in [0.25, 0.3) is 0 Å². The van der Waals surface area contributed by atoms with Gasteiger partial charge in [0, 0.05) is 30.9 Å². The average Bonchev–Trinajstić information content (AvgIpc) is 3.01. The van der Waals surface area contributed by atoms with Crippen LogP contribution >= 0.6 is 0 Å². The van der Waals surface area contributed by atoms with Crippen molar-refractivity contribution in [3.63, 3.8) is 0 Å². The molecule has 2 aliphatic rings. The first-order valence-electron chi connectivity index (χ1n) is 8.90. The fraction of sp³-hybridized carbons (Fsp3) is 0.765. The van der Waals surface area contributed by atoms with E-state index < -0.39 is 21.0 Å². The van der Waals surface area contributed by atoms with Gasteiger partial charge in [0.2, 0.25) is 0 Å². The molecule has 2 saturated heterocycles. The Morgan fingerprint density at radius 1 is 1.04 bits per heavy atom. The van der Waals surface area contributed by atoms with Crippen LogP contribution in [0.2, 0.25) is 19.6 Å². The Hall–Kier alpha value is -0.798. The minimum absolute atomic E-state index is 0.377. The van der Waals surface area contributed by atoms with Crippen LogP contribution in [0.3, 0.4) is 0 Å². The molecule has 0 radical (unpaired) electrons. The van der Waals surface area contributed by atoms with Gasteiger partial charge >= 0.3 is 7.12 Å². The lowest BCUT2D eigenvalue weighted by Gasteiger charge is -2.33. The Morgan fingerprint density at radius 2 is 1.60 bits per heavy atom. The predicted molar refractivity (Wildman–Crippen MR) is 99.3 cm³/mol. The largest absolute Gasteiger partial charge is 0.498 e. The van der Waals surface area contributed by atoms with Crippen LogP contribution in [0.5, 0.6) is 0 Å². The van der Waals surface area contributed by atoms with Crippen LogP contribution in [0.4, 0.5) is 0 Å². The second-order valence-corrected chi connectivity index (χ2v) is 13.4. The van der Waals surface area contributed by atoms with E-state index in [0.717, 1.165) is 11.9 Å². The molecule has 2 aliphatic heterocycles. The molecular weight excluding hydrogens is 335 g/mol. The van der Waals surface area contributed by atoms with E-state index in [0.29, 0.717) is 19.0 Å². The van der Waals surface area contributed by atoms with E-state index in [1.807, 2.05) is 27.7 Å². The predicted octanol–water partition coefficient (Wildman–Crippen LogP) is 2.24. The highest BCUT2D eigenvalue weighted by atomic mass is 28.4. The number of nitrogens with zero attached hydrogens (tertiary/aromatic N) is 2. The Morgan fingerprint density at radius 3 is 2.04 bits per heavy atom. The van der Waals surface area contributed by atoms with Crippen LogP contribution in [-0.4, -0.2) is 49.8 Å². The lowest BCUT2D eigenvalue weighted by molar-refractivity contribution is 0.00578. The smallest absolute Gasteiger partial charge is 0.403 e. The summed E-state index contributed by atoms with van der Waals surface area (Å²) >= 11 is 0. The molecule has 0 aromatic carbocycles. The van der Waals surface area contributed by atoms with Gasteiger partial charge in [-0.3, -0.25) is 0 Å². The van der Waals surface area contributed by atoms with Gasteiger partial charge in [-0.15, -0.1) is 0 Å². The Bertz CT molecular complexity index is 609. The molecule has 1 aromatic rings. The van der Waals surface area contributed by atoms with Crippen molar-refractivity contribution in [1.82, 2.24) is 9.97 Å². The van der Waals surface area contributed by atoms with Crippen LogP contribution in [0.1, 0.15) is 39.9 Å². The van der Waals surface area contributed by atoms with Crippen molar-refractivity contribution in [2.24, 2.45) is 0 Å². The summed E-state index contributed by atoms with van der Waals surface area (Å²) in [6.07, 6.45) is 4.36. The van der Waals surface area contributed by atoms with Gasteiger partial charge in [0.05, 0.1) is 17.8 Å². The highest BCUT2D eigenvalue weighted by Gasteiger charge is 2.52. The average molecular weight is 364 g/mol. The van der Waals surface area contributed by atoms with Gasteiger partial charge in [0.25, 0.3) is 0 Å². The number of rotatable bonds is 4. The third kappa shape index (κ3) is 3.68. The molecule has 3 rings (SSSR count). The van der Waals surface area contributed by atoms with Crippen LogP contribution in [0.15, 0.2) is 12.4 Å². The molecule has 2 fully saturated rings. The number of aromatic nitrogens is 2. The second-order valence-electron chi connectivity index (χ2n) is 8.94. The van der Waals surface area contributed by atoms with E-state index in [1.165, 1.54) is 0 Å². The fourth-order valence-corrected chi connectivity index (χ4v) is 4.53. The number of hydrogen-bond donors (Lipinski definition) is 0. The summed E-state index contributed by atoms with van der Waals surface area (Å²) in [5.74, 6) is 0.688. The van der Waals surface area contributed by atoms with E-state index in [-0.39, 0.29) is 11.2 Å². The van der Waals surface area contributed by atoms with Gasteiger partial charge in [-0.2, -0.15) is 0 Å². The third-order valence-electron chi connectivity index (χ3n) is 5.09. The van der Waals surface area contributed by atoms with E-state index in [2.05, 4.69) is 29.6 Å². The van der Waals surface area contributed by atoms with Gasteiger partial charge in [0.1, 0.15) is 5.60 Å². The molecule has 1 atom stereocenters. The van der Waals surface area contributed by atoms with Crippen LogP contribution in [0, 0.1) is 0 Å². The summed E-state index contributed by atoms with van der Waals surface area (Å²) < 4.78 is 24.2. The fourth-order valence-electron chi connectivity index (χ4n) is 3.11. The van der Waals surface area contributed by atoms with Crippen molar-refractivity contribution in [2.75, 3.05) is 13.2 Å². The first kappa shape index (κ1) is 19.0. The van der Waals surface area contributed by atoms with E-state index >= 15 is 0 Å². The Kier molecular flexibility index (Phi) is 4.65. The van der Waals surface area contributed by atoms with Gasteiger partial charge in [-0.25, -0.2) is 9.97 Å². The zero-order valence-electron chi connectivity index (χ0n) is 16.4. The molecule has 1 aromatic heterocycles. The molecule has 0 bridgehead atoms. The minimum Gasteiger partial charge on any atom is -0.403 e. The molecule has 3 heterocycles. The Balaban J connectivity index is 1.83. The second kappa shape index (κ2) is 6.13. The summed E-state index contributed by atoms with van der Waals surface area (Å²) in [6, 6.07) is 0. The van der Waals surface area contributed by atoms with Gasteiger partial charge in [-0.1, -0.05) is 0 Å². The summed E-state index contributed by atoms with van der Waals surface area (Å²) in [7, 11) is -2.22. The maximum Gasteiger partial charge on any atom is 0.498 e. The maximum absolute atomic E-state index is 6.43. The Labute approximate surface area is 151 Å². The van der Waals surface area contributed by atoms with Crippen molar-refractivity contribution in [3.05, 3.63) is 18.2 Å². The van der Waals surface area contributed by atoms with Crippen molar-refractivity contribution in [2.45, 2.75) is 70.6 Å². The zero-order chi connectivity index (χ0) is 18.5. The zero-order valence-corrected chi connectivity index (χ0v) is 17.4. The molecule has 0 saturated carbocycles. The molecule has 6 nitrogen and oxygen atoms in total. The summed E-state index contributed by atoms with van der Waals surface area (Å²) in [5.41, 5.74) is -0.460. The topological polar surface area (TPSA) is 62.7 Å². The van der Waals surface area contributed by atoms with Gasteiger partial charge in [-0.05, 0) is 47.3 Å². The molecule has 0 N–H and O–H groups in total. The standard InChI is InChI=1S/C17H29BN2O4Si/c1-15(2)16(3,4)23-18(22-15)13-10-19-14(20-11-13)17(8-9-21-12-17)24-25(5,6)7/h10-11H,8-9,12H2,1-7H3. The molecule has 25 heavy (non-hydrogen) atoms. The van der Waals surface area contributed by atoms with E-state index in [4.69, 9.17) is 18.5 Å². The molecule has 0 spiro atoms. The third-order valence-corrected chi connectivity index (χ3v) is 6.09. The van der Waals surface area contributed by atoms with Crippen molar-refractivity contribution < 1.29 is 18.5 Å². The first-order valence-corrected chi connectivity index (χ1v) is 12.3. The van der Waals surface area contributed by atoms with E-state index in [1.54, 1.807) is 12.4 Å². The monoisotopic (exact) mass is 364 g/mol. The van der Waals surface area contributed by atoms with Gasteiger partial charge < -0.3 is 18.5 Å². The lowest BCUT2D eigenvalue weighted by atomic mass is 9.81. The van der Waals surface area contributed by atoms with Crippen molar-refractivity contribution >= 4 is 20.9 Å². The molecular formula is C17H29BN2O4Si. The molecule has 0 aliphatic carbocycles. The number of ether oxygens (including phenoxy) is 1.